The molecule has 5 nitrogen and oxygen atoms in total. The highest BCUT2D eigenvalue weighted by Gasteiger charge is 2.18. The van der Waals surface area contributed by atoms with Crippen molar-refractivity contribution in [2.24, 2.45) is 5.73 Å². The monoisotopic (exact) mass is 256 g/mol. The van der Waals surface area contributed by atoms with Crippen LogP contribution < -0.4 is 11.1 Å². The molecule has 1 rings (SSSR count). The van der Waals surface area contributed by atoms with Crippen LogP contribution >= 0.6 is 0 Å². The van der Waals surface area contributed by atoms with E-state index in [1.807, 2.05) is 18.7 Å². The van der Waals surface area contributed by atoms with Crippen molar-refractivity contribution in [1.82, 2.24) is 15.1 Å². The molecule has 0 atom stereocenters. The fourth-order valence-corrected chi connectivity index (χ4v) is 2.22. The Morgan fingerprint density at radius 1 is 1.22 bits per heavy atom. The molecule has 2 amide bonds. The van der Waals surface area contributed by atoms with Crippen molar-refractivity contribution >= 4 is 6.03 Å². The van der Waals surface area contributed by atoms with E-state index in [0.29, 0.717) is 0 Å². The number of urea groups is 1. The van der Waals surface area contributed by atoms with Crippen molar-refractivity contribution in [3.05, 3.63) is 0 Å². The third-order valence-corrected chi connectivity index (χ3v) is 3.22. The molecule has 0 radical (unpaired) electrons. The van der Waals surface area contributed by atoms with Crippen molar-refractivity contribution in [1.29, 1.82) is 0 Å². The van der Waals surface area contributed by atoms with Crippen LogP contribution in [-0.4, -0.2) is 61.1 Å². The first-order valence-electron chi connectivity index (χ1n) is 7.11. The summed E-state index contributed by atoms with van der Waals surface area (Å²) in [6.45, 7) is 9.65. The summed E-state index contributed by atoms with van der Waals surface area (Å²) in [5, 5.41) is 2.96. The molecule has 0 spiro atoms. The van der Waals surface area contributed by atoms with Gasteiger partial charge in [-0.2, -0.15) is 0 Å². The van der Waals surface area contributed by atoms with E-state index in [1.165, 1.54) is 0 Å². The Labute approximate surface area is 111 Å². The number of nitrogens with zero attached hydrogens (tertiary/aromatic N) is 2. The maximum atomic E-state index is 11.9. The number of amides is 2. The van der Waals surface area contributed by atoms with Gasteiger partial charge in [-0.1, -0.05) is 0 Å². The van der Waals surface area contributed by atoms with Crippen molar-refractivity contribution in [2.45, 2.75) is 39.2 Å². The van der Waals surface area contributed by atoms with E-state index in [-0.39, 0.29) is 12.1 Å². The van der Waals surface area contributed by atoms with Crippen molar-refractivity contribution in [3.63, 3.8) is 0 Å². The molecule has 1 aliphatic rings. The fraction of sp³-hybridized carbons (Fsp3) is 0.923. The minimum Gasteiger partial charge on any atom is -0.336 e. The van der Waals surface area contributed by atoms with Crippen LogP contribution in [0, 0.1) is 0 Å². The molecule has 0 aromatic rings. The summed E-state index contributed by atoms with van der Waals surface area (Å²) in [5.41, 5.74) is 5.50. The van der Waals surface area contributed by atoms with E-state index in [1.54, 1.807) is 0 Å². The topological polar surface area (TPSA) is 61.6 Å². The lowest BCUT2D eigenvalue weighted by Gasteiger charge is -2.23. The number of unbranched alkanes of at least 4 members (excludes halogenated alkanes) is 1. The number of nitrogens with one attached hydrogen (secondary N) is 1. The van der Waals surface area contributed by atoms with Crippen LogP contribution in [-0.2, 0) is 0 Å². The predicted molar refractivity (Wildman–Crippen MR) is 74.6 cm³/mol. The SMILES string of the molecule is CC(C)NC(=O)N1CCCN(CCCCN)CC1. The average molecular weight is 256 g/mol. The van der Waals surface area contributed by atoms with Crippen LogP contribution in [0.1, 0.15) is 33.1 Å². The van der Waals surface area contributed by atoms with E-state index in [9.17, 15) is 4.79 Å². The zero-order valence-corrected chi connectivity index (χ0v) is 11.8. The minimum atomic E-state index is 0.0776. The Morgan fingerprint density at radius 3 is 2.67 bits per heavy atom. The van der Waals surface area contributed by atoms with E-state index in [0.717, 1.165) is 58.5 Å². The normalized spacial score (nSPS) is 17.9. The quantitative estimate of drug-likeness (QED) is 0.717. The summed E-state index contributed by atoms with van der Waals surface area (Å²) in [6.07, 6.45) is 3.32. The number of carbonyl (C=O) groups is 1. The Kier molecular flexibility index (Phi) is 7.05. The van der Waals surface area contributed by atoms with Gasteiger partial charge in [0.05, 0.1) is 0 Å². The second-order valence-electron chi connectivity index (χ2n) is 5.28. The summed E-state index contributed by atoms with van der Waals surface area (Å²) in [4.78, 5) is 16.3. The van der Waals surface area contributed by atoms with Gasteiger partial charge in [0, 0.05) is 25.7 Å². The lowest BCUT2D eigenvalue weighted by molar-refractivity contribution is 0.195. The van der Waals surface area contributed by atoms with Crippen molar-refractivity contribution in [2.75, 3.05) is 39.3 Å². The number of carbonyl (C=O) groups excluding carboxylic acids is 1. The van der Waals surface area contributed by atoms with Crippen LogP contribution in [0.4, 0.5) is 4.79 Å². The summed E-state index contributed by atoms with van der Waals surface area (Å²) < 4.78 is 0. The highest BCUT2D eigenvalue weighted by Crippen LogP contribution is 2.05. The van der Waals surface area contributed by atoms with Crippen molar-refractivity contribution < 1.29 is 4.79 Å². The standard InChI is InChI=1S/C13H28N4O/c1-12(2)15-13(18)17-9-5-8-16(10-11-17)7-4-3-6-14/h12H,3-11,14H2,1-2H3,(H,15,18). The Balaban J connectivity index is 2.29. The first-order chi connectivity index (χ1) is 8.63. The molecule has 1 saturated heterocycles. The molecule has 0 saturated carbocycles. The third-order valence-electron chi connectivity index (χ3n) is 3.22. The summed E-state index contributed by atoms with van der Waals surface area (Å²) in [6, 6.07) is 0.287. The van der Waals surface area contributed by atoms with E-state index < -0.39 is 0 Å². The number of hydrogen-bond acceptors (Lipinski definition) is 3. The molecule has 5 heteroatoms. The second-order valence-corrected chi connectivity index (χ2v) is 5.28. The third kappa shape index (κ3) is 5.69. The molecule has 106 valence electrons. The summed E-state index contributed by atoms with van der Waals surface area (Å²) >= 11 is 0. The van der Waals surface area contributed by atoms with Gasteiger partial charge in [-0.15, -0.1) is 0 Å². The van der Waals surface area contributed by atoms with Gasteiger partial charge in [0.25, 0.3) is 0 Å². The zero-order valence-electron chi connectivity index (χ0n) is 11.8. The molecule has 1 aliphatic heterocycles. The molecular weight excluding hydrogens is 228 g/mol. The average Bonchev–Trinajstić information content (AvgIpc) is 2.54. The summed E-state index contributed by atoms with van der Waals surface area (Å²) in [5.74, 6) is 0. The Bertz CT molecular complexity index is 245. The second kappa shape index (κ2) is 8.32. The first kappa shape index (κ1) is 15.2. The maximum absolute atomic E-state index is 11.9. The number of hydrogen-bond donors (Lipinski definition) is 2. The van der Waals surface area contributed by atoms with Gasteiger partial charge in [0.2, 0.25) is 0 Å². The van der Waals surface area contributed by atoms with Gasteiger partial charge in [-0.05, 0) is 52.7 Å². The number of rotatable bonds is 5. The van der Waals surface area contributed by atoms with E-state index in [4.69, 9.17) is 5.73 Å². The number of nitrogens with two attached hydrogens (primary N) is 1. The van der Waals surface area contributed by atoms with Gasteiger partial charge in [0.1, 0.15) is 0 Å². The van der Waals surface area contributed by atoms with E-state index in [2.05, 4.69) is 10.2 Å². The summed E-state index contributed by atoms with van der Waals surface area (Å²) in [7, 11) is 0. The Morgan fingerprint density at radius 2 is 2.00 bits per heavy atom. The molecule has 18 heavy (non-hydrogen) atoms. The van der Waals surface area contributed by atoms with Crippen LogP contribution in [0.2, 0.25) is 0 Å². The molecule has 0 aliphatic carbocycles. The molecule has 3 N–H and O–H groups in total. The molecular formula is C13H28N4O. The van der Waals surface area contributed by atoms with Crippen molar-refractivity contribution in [3.8, 4) is 0 Å². The lowest BCUT2D eigenvalue weighted by Crippen LogP contribution is -2.44. The highest BCUT2D eigenvalue weighted by molar-refractivity contribution is 5.74. The van der Waals surface area contributed by atoms with Gasteiger partial charge < -0.3 is 20.9 Å². The smallest absolute Gasteiger partial charge is 0.317 e. The first-order valence-corrected chi connectivity index (χ1v) is 7.11. The lowest BCUT2D eigenvalue weighted by atomic mass is 10.3. The predicted octanol–water partition coefficient (Wildman–Crippen LogP) is 0.851. The maximum Gasteiger partial charge on any atom is 0.317 e. The van der Waals surface area contributed by atoms with Gasteiger partial charge in [0.15, 0.2) is 0 Å². The largest absolute Gasteiger partial charge is 0.336 e. The molecule has 1 heterocycles. The minimum absolute atomic E-state index is 0.0776. The van der Waals surface area contributed by atoms with Gasteiger partial charge in [-0.25, -0.2) is 4.79 Å². The van der Waals surface area contributed by atoms with Crippen LogP contribution in [0.25, 0.3) is 0 Å². The van der Waals surface area contributed by atoms with Crippen LogP contribution in [0.5, 0.6) is 0 Å². The Hall–Kier alpha value is -0.810. The zero-order chi connectivity index (χ0) is 13.4. The highest BCUT2D eigenvalue weighted by atomic mass is 16.2. The van der Waals surface area contributed by atoms with Crippen LogP contribution in [0.3, 0.4) is 0 Å². The van der Waals surface area contributed by atoms with Gasteiger partial charge >= 0.3 is 6.03 Å². The molecule has 1 fully saturated rings. The van der Waals surface area contributed by atoms with Crippen LogP contribution in [0.15, 0.2) is 0 Å². The van der Waals surface area contributed by atoms with Gasteiger partial charge in [-0.3, -0.25) is 0 Å². The molecule has 0 bridgehead atoms. The molecule has 0 aromatic heterocycles. The molecule has 0 unspecified atom stereocenters. The fourth-order valence-electron chi connectivity index (χ4n) is 2.22. The van der Waals surface area contributed by atoms with E-state index >= 15 is 0 Å². The molecule has 0 aromatic carbocycles.